The van der Waals surface area contributed by atoms with Crippen LogP contribution in [0, 0.1) is 6.92 Å². The van der Waals surface area contributed by atoms with Crippen molar-refractivity contribution in [2.24, 2.45) is 0 Å². The number of nitrogens with one attached hydrogen (secondary N) is 1. The number of carboxylic acid groups (broad SMARTS) is 1. The van der Waals surface area contributed by atoms with E-state index in [-0.39, 0.29) is 17.0 Å². The number of aromatic nitrogens is 1. The van der Waals surface area contributed by atoms with Crippen LogP contribution in [-0.4, -0.2) is 24.5 Å². The van der Waals surface area contributed by atoms with Crippen molar-refractivity contribution in [1.29, 1.82) is 0 Å². The molecular formula is C16H18N2O4S. The number of carboxylic acids is 1. The predicted molar refractivity (Wildman–Crippen MR) is 85.8 cm³/mol. The van der Waals surface area contributed by atoms with E-state index in [0.717, 1.165) is 5.56 Å². The average molecular weight is 334 g/mol. The number of sulfonamides is 1. The minimum Gasteiger partial charge on any atom is -0.478 e. The van der Waals surface area contributed by atoms with Gasteiger partial charge in [0.2, 0.25) is 10.0 Å². The highest BCUT2D eigenvalue weighted by Crippen LogP contribution is 2.19. The Bertz CT molecular complexity index is 832. The van der Waals surface area contributed by atoms with E-state index in [1.807, 2.05) is 19.9 Å². The first-order chi connectivity index (χ1) is 10.8. The summed E-state index contributed by atoms with van der Waals surface area (Å²) in [6.45, 7) is 3.71. The Balaban J connectivity index is 2.33. The van der Waals surface area contributed by atoms with Gasteiger partial charge in [-0.2, -0.15) is 0 Å². The molecule has 0 spiro atoms. The largest absolute Gasteiger partial charge is 0.478 e. The van der Waals surface area contributed by atoms with Crippen LogP contribution in [0.25, 0.3) is 0 Å². The third-order valence-electron chi connectivity index (χ3n) is 3.53. The molecule has 0 aliphatic carbocycles. The molecule has 0 atom stereocenters. The van der Waals surface area contributed by atoms with Crippen LogP contribution in [0.3, 0.4) is 0 Å². The lowest BCUT2D eigenvalue weighted by atomic mass is 10.1. The van der Waals surface area contributed by atoms with Crippen LogP contribution in [0.5, 0.6) is 0 Å². The normalized spacial score (nSPS) is 11.4. The van der Waals surface area contributed by atoms with Gasteiger partial charge in [-0.05, 0) is 42.7 Å². The maximum Gasteiger partial charge on any atom is 0.335 e. The summed E-state index contributed by atoms with van der Waals surface area (Å²) in [7, 11) is -3.83. The number of carbonyl (C=O) groups is 1. The predicted octanol–water partition coefficient (Wildman–Crippen LogP) is 2.13. The molecule has 2 N–H and O–H groups in total. The van der Waals surface area contributed by atoms with Crippen molar-refractivity contribution in [3.05, 3.63) is 58.9 Å². The lowest BCUT2D eigenvalue weighted by Gasteiger charge is -2.12. The Morgan fingerprint density at radius 1 is 1.30 bits per heavy atom. The van der Waals surface area contributed by atoms with E-state index < -0.39 is 16.0 Å². The van der Waals surface area contributed by atoms with Gasteiger partial charge >= 0.3 is 5.97 Å². The SMILES string of the molecule is CCc1ccc(C(=O)O)cc1S(=O)(=O)NCc1ncccc1C. The van der Waals surface area contributed by atoms with E-state index in [2.05, 4.69) is 9.71 Å². The van der Waals surface area contributed by atoms with Gasteiger partial charge in [0.1, 0.15) is 0 Å². The maximum atomic E-state index is 12.5. The molecule has 0 fully saturated rings. The summed E-state index contributed by atoms with van der Waals surface area (Å²) in [4.78, 5) is 15.2. The fourth-order valence-electron chi connectivity index (χ4n) is 2.17. The number of rotatable bonds is 6. The van der Waals surface area contributed by atoms with Gasteiger partial charge in [0.05, 0.1) is 22.7 Å². The fraction of sp³-hybridized carbons (Fsp3) is 0.250. The molecule has 0 aliphatic heterocycles. The number of benzene rings is 1. The Morgan fingerprint density at radius 2 is 2.04 bits per heavy atom. The quantitative estimate of drug-likeness (QED) is 0.843. The topological polar surface area (TPSA) is 96.4 Å². The molecule has 0 amide bonds. The molecule has 0 saturated heterocycles. The second kappa shape index (κ2) is 6.89. The molecule has 1 heterocycles. The molecule has 7 heteroatoms. The van der Waals surface area contributed by atoms with Crippen LogP contribution in [0.2, 0.25) is 0 Å². The van der Waals surface area contributed by atoms with Crippen molar-refractivity contribution in [1.82, 2.24) is 9.71 Å². The monoisotopic (exact) mass is 334 g/mol. The maximum absolute atomic E-state index is 12.5. The summed E-state index contributed by atoms with van der Waals surface area (Å²) in [6, 6.07) is 7.75. The molecule has 0 unspecified atom stereocenters. The second-order valence-electron chi connectivity index (χ2n) is 5.07. The summed E-state index contributed by atoms with van der Waals surface area (Å²) in [6.07, 6.45) is 2.08. The zero-order chi connectivity index (χ0) is 17.0. The van der Waals surface area contributed by atoms with Gasteiger partial charge in [0.15, 0.2) is 0 Å². The van der Waals surface area contributed by atoms with Crippen LogP contribution in [0.15, 0.2) is 41.4 Å². The first-order valence-electron chi connectivity index (χ1n) is 7.11. The lowest BCUT2D eigenvalue weighted by Crippen LogP contribution is -2.25. The molecular weight excluding hydrogens is 316 g/mol. The Labute approximate surface area is 135 Å². The summed E-state index contributed by atoms with van der Waals surface area (Å²) in [5.74, 6) is -1.16. The van der Waals surface area contributed by atoms with Crippen LogP contribution in [0.4, 0.5) is 0 Å². The van der Waals surface area contributed by atoms with E-state index in [1.165, 1.54) is 18.2 Å². The molecule has 2 aromatic rings. The van der Waals surface area contributed by atoms with E-state index in [1.54, 1.807) is 12.3 Å². The zero-order valence-corrected chi connectivity index (χ0v) is 13.7. The van der Waals surface area contributed by atoms with Gasteiger partial charge in [-0.25, -0.2) is 17.9 Å². The van der Waals surface area contributed by atoms with Gasteiger partial charge in [0.25, 0.3) is 0 Å². The number of hydrogen-bond donors (Lipinski definition) is 2. The van der Waals surface area contributed by atoms with Crippen LogP contribution in [0.1, 0.15) is 34.1 Å². The molecule has 0 aliphatic rings. The van der Waals surface area contributed by atoms with E-state index in [4.69, 9.17) is 5.11 Å². The Hall–Kier alpha value is -2.25. The van der Waals surface area contributed by atoms with E-state index in [0.29, 0.717) is 17.7 Å². The van der Waals surface area contributed by atoms with Gasteiger partial charge in [-0.3, -0.25) is 4.98 Å². The molecule has 1 aromatic heterocycles. The average Bonchev–Trinajstić information content (AvgIpc) is 2.53. The van der Waals surface area contributed by atoms with Crippen molar-refractivity contribution >= 4 is 16.0 Å². The summed E-state index contributed by atoms with van der Waals surface area (Å²) < 4.78 is 27.6. The van der Waals surface area contributed by atoms with Gasteiger partial charge in [-0.15, -0.1) is 0 Å². The number of pyridine rings is 1. The molecule has 0 radical (unpaired) electrons. The summed E-state index contributed by atoms with van der Waals surface area (Å²) >= 11 is 0. The smallest absolute Gasteiger partial charge is 0.335 e. The molecule has 0 bridgehead atoms. The standard InChI is InChI=1S/C16H18N2O4S/c1-3-12-6-7-13(16(19)20)9-15(12)23(21,22)18-10-14-11(2)5-4-8-17-14/h4-9,18H,3,10H2,1-2H3,(H,19,20). The van der Waals surface area contributed by atoms with Crippen molar-refractivity contribution in [3.8, 4) is 0 Å². The first-order valence-corrected chi connectivity index (χ1v) is 8.60. The van der Waals surface area contributed by atoms with Crippen molar-refractivity contribution < 1.29 is 18.3 Å². The first kappa shape index (κ1) is 17.1. The van der Waals surface area contributed by atoms with Crippen molar-refractivity contribution in [2.75, 3.05) is 0 Å². The van der Waals surface area contributed by atoms with Crippen LogP contribution in [-0.2, 0) is 23.0 Å². The molecule has 23 heavy (non-hydrogen) atoms. The minimum atomic E-state index is -3.83. The molecule has 0 saturated carbocycles. The van der Waals surface area contributed by atoms with Crippen LogP contribution < -0.4 is 4.72 Å². The number of aryl methyl sites for hydroxylation is 2. The van der Waals surface area contributed by atoms with Gasteiger partial charge < -0.3 is 5.11 Å². The van der Waals surface area contributed by atoms with Crippen molar-refractivity contribution in [2.45, 2.75) is 31.7 Å². The third kappa shape index (κ3) is 3.94. The van der Waals surface area contributed by atoms with Crippen LogP contribution >= 0.6 is 0 Å². The highest BCUT2D eigenvalue weighted by molar-refractivity contribution is 7.89. The minimum absolute atomic E-state index is 0.00603. The molecule has 6 nitrogen and oxygen atoms in total. The third-order valence-corrected chi connectivity index (χ3v) is 5.02. The highest BCUT2D eigenvalue weighted by Gasteiger charge is 2.20. The fourth-order valence-corrected chi connectivity index (χ4v) is 3.50. The molecule has 122 valence electrons. The molecule has 2 rings (SSSR count). The van der Waals surface area contributed by atoms with Crippen molar-refractivity contribution in [3.63, 3.8) is 0 Å². The highest BCUT2D eigenvalue weighted by atomic mass is 32.2. The summed E-state index contributed by atoms with van der Waals surface area (Å²) in [5.41, 5.74) is 2.02. The Morgan fingerprint density at radius 3 is 2.65 bits per heavy atom. The summed E-state index contributed by atoms with van der Waals surface area (Å²) in [5, 5.41) is 9.06. The Kier molecular flexibility index (Phi) is 5.12. The number of nitrogens with zero attached hydrogens (tertiary/aromatic N) is 1. The number of hydrogen-bond acceptors (Lipinski definition) is 4. The van der Waals surface area contributed by atoms with Gasteiger partial charge in [0, 0.05) is 6.20 Å². The molecule has 1 aromatic carbocycles. The van der Waals surface area contributed by atoms with Gasteiger partial charge in [-0.1, -0.05) is 19.1 Å². The zero-order valence-electron chi connectivity index (χ0n) is 12.9. The van der Waals surface area contributed by atoms with E-state index in [9.17, 15) is 13.2 Å². The van der Waals surface area contributed by atoms with E-state index >= 15 is 0 Å². The second-order valence-corrected chi connectivity index (χ2v) is 6.81. The number of aromatic carboxylic acids is 1. The lowest BCUT2D eigenvalue weighted by molar-refractivity contribution is 0.0696.